The number of nitrogens with zero attached hydrogens (tertiary/aromatic N) is 1. The average Bonchev–Trinajstić information content (AvgIpc) is 2.43. The van der Waals surface area contributed by atoms with E-state index in [1.54, 1.807) is 20.8 Å². The largest absolute Gasteiger partial charge is 0.444 e. The molecular weight excluding hydrogens is 265 g/mol. The highest BCUT2D eigenvalue weighted by Crippen LogP contribution is 2.24. The Bertz CT molecular complexity index is 242. The Labute approximate surface area is 98.1 Å². The molecule has 2 atom stereocenters. The van der Waals surface area contributed by atoms with Crippen LogP contribution in [-0.2, 0) is 4.74 Å². The molecule has 0 unspecified atom stereocenters. The van der Waals surface area contributed by atoms with Crippen LogP contribution < -0.4 is 0 Å². The van der Waals surface area contributed by atoms with Gasteiger partial charge in [0.15, 0.2) is 0 Å². The van der Waals surface area contributed by atoms with Gasteiger partial charge >= 0.3 is 6.09 Å². The van der Waals surface area contributed by atoms with E-state index in [0.717, 1.165) is 0 Å². The average molecular weight is 282 g/mol. The van der Waals surface area contributed by atoms with Crippen molar-refractivity contribution in [1.29, 1.82) is 0 Å². The van der Waals surface area contributed by atoms with Crippen LogP contribution in [0.4, 0.5) is 9.18 Å². The second kappa shape index (κ2) is 4.68. The third kappa shape index (κ3) is 3.63. The monoisotopic (exact) mass is 281 g/mol. The van der Waals surface area contributed by atoms with E-state index in [1.807, 2.05) is 0 Å². The first-order valence-corrected chi connectivity index (χ1v) is 6.15. The van der Waals surface area contributed by atoms with E-state index < -0.39 is 17.9 Å². The van der Waals surface area contributed by atoms with Gasteiger partial charge in [-0.25, -0.2) is 9.18 Å². The van der Waals surface area contributed by atoms with Crippen molar-refractivity contribution in [2.75, 3.05) is 11.9 Å². The number of amides is 1. The Morgan fingerprint density at radius 3 is 2.67 bits per heavy atom. The molecule has 1 amide bonds. The molecule has 0 bridgehead atoms. The fourth-order valence-electron chi connectivity index (χ4n) is 1.55. The molecule has 3 nitrogen and oxygen atoms in total. The molecule has 0 aromatic heterocycles. The van der Waals surface area contributed by atoms with Gasteiger partial charge in [0.25, 0.3) is 0 Å². The zero-order valence-electron chi connectivity index (χ0n) is 9.30. The van der Waals surface area contributed by atoms with E-state index in [0.29, 0.717) is 11.8 Å². The minimum absolute atomic E-state index is 0.0881. The van der Waals surface area contributed by atoms with Crippen LogP contribution in [0.1, 0.15) is 27.2 Å². The lowest BCUT2D eigenvalue weighted by Gasteiger charge is -2.27. The van der Waals surface area contributed by atoms with Gasteiger partial charge in [0.05, 0.1) is 6.54 Å². The molecule has 1 fully saturated rings. The Morgan fingerprint density at radius 1 is 1.60 bits per heavy atom. The number of likely N-dealkylation sites (tertiary alicyclic amines) is 1. The van der Waals surface area contributed by atoms with Crippen molar-refractivity contribution in [2.45, 2.75) is 45.0 Å². The Balaban J connectivity index is 2.59. The highest BCUT2D eigenvalue weighted by atomic mass is 79.9. The van der Waals surface area contributed by atoms with Crippen LogP contribution in [-0.4, -0.2) is 40.7 Å². The van der Waals surface area contributed by atoms with Gasteiger partial charge in [-0.05, 0) is 20.8 Å². The van der Waals surface area contributed by atoms with E-state index >= 15 is 0 Å². The third-order valence-corrected chi connectivity index (χ3v) is 2.92. The number of halogens is 2. The molecule has 0 aromatic carbocycles. The number of carbonyl (C=O) groups is 1. The van der Waals surface area contributed by atoms with Crippen LogP contribution in [0.2, 0.25) is 0 Å². The topological polar surface area (TPSA) is 29.5 Å². The van der Waals surface area contributed by atoms with Crippen molar-refractivity contribution in [1.82, 2.24) is 4.90 Å². The molecule has 0 spiro atoms. The fraction of sp³-hybridized carbons (Fsp3) is 0.900. The van der Waals surface area contributed by atoms with Gasteiger partial charge in [-0.3, -0.25) is 0 Å². The summed E-state index contributed by atoms with van der Waals surface area (Å²) in [5, 5.41) is 0.590. The van der Waals surface area contributed by atoms with E-state index in [2.05, 4.69) is 15.9 Å². The van der Waals surface area contributed by atoms with Crippen LogP contribution in [0.15, 0.2) is 0 Å². The molecule has 15 heavy (non-hydrogen) atoms. The maximum atomic E-state index is 13.1. The van der Waals surface area contributed by atoms with Gasteiger partial charge in [0.1, 0.15) is 11.8 Å². The molecule has 0 N–H and O–H groups in total. The van der Waals surface area contributed by atoms with Crippen molar-refractivity contribution < 1.29 is 13.9 Å². The minimum atomic E-state index is -0.930. The Morgan fingerprint density at radius 2 is 2.20 bits per heavy atom. The van der Waals surface area contributed by atoms with Gasteiger partial charge in [0, 0.05) is 17.8 Å². The predicted octanol–water partition coefficient (Wildman–Crippen LogP) is 2.73. The maximum absolute atomic E-state index is 13.1. The quantitative estimate of drug-likeness (QED) is 0.692. The first kappa shape index (κ1) is 12.7. The molecular formula is C10H17BrFNO2. The summed E-state index contributed by atoms with van der Waals surface area (Å²) in [5.74, 6) is 0. The van der Waals surface area contributed by atoms with E-state index in [-0.39, 0.29) is 12.6 Å². The van der Waals surface area contributed by atoms with E-state index in [1.165, 1.54) is 4.90 Å². The van der Waals surface area contributed by atoms with Crippen LogP contribution in [0.5, 0.6) is 0 Å². The summed E-state index contributed by atoms with van der Waals surface area (Å²) in [6.45, 7) is 5.55. The lowest BCUT2D eigenvalue weighted by atomic mass is 10.2. The van der Waals surface area contributed by atoms with Crippen molar-refractivity contribution in [3.63, 3.8) is 0 Å². The fourth-order valence-corrected chi connectivity index (χ4v) is 2.16. The SMILES string of the molecule is CC(C)(C)OC(=O)N1C[C@H](F)C[C@@H]1CBr. The number of alkyl halides is 2. The van der Waals surface area contributed by atoms with Gasteiger partial charge < -0.3 is 9.64 Å². The van der Waals surface area contributed by atoms with Crippen LogP contribution in [0.25, 0.3) is 0 Å². The molecule has 0 aromatic rings. The first-order chi connectivity index (χ1) is 6.83. The molecule has 1 rings (SSSR count). The van der Waals surface area contributed by atoms with Crippen molar-refractivity contribution in [3.8, 4) is 0 Å². The molecule has 1 aliphatic heterocycles. The summed E-state index contributed by atoms with van der Waals surface area (Å²) in [4.78, 5) is 13.2. The summed E-state index contributed by atoms with van der Waals surface area (Å²) < 4.78 is 18.3. The van der Waals surface area contributed by atoms with Gasteiger partial charge in [-0.15, -0.1) is 0 Å². The van der Waals surface area contributed by atoms with Crippen molar-refractivity contribution in [2.24, 2.45) is 0 Å². The lowest BCUT2D eigenvalue weighted by molar-refractivity contribution is 0.0234. The molecule has 0 saturated carbocycles. The highest BCUT2D eigenvalue weighted by Gasteiger charge is 2.36. The van der Waals surface area contributed by atoms with Gasteiger partial charge in [-0.2, -0.15) is 0 Å². The third-order valence-electron chi connectivity index (χ3n) is 2.17. The molecule has 5 heteroatoms. The minimum Gasteiger partial charge on any atom is -0.444 e. The zero-order valence-corrected chi connectivity index (χ0v) is 10.9. The number of carbonyl (C=O) groups excluding carboxylic acids is 1. The zero-order chi connectivity index (χ0) is 11.6. The summed E-state index contributed by atoms with van der Waals surface area (Å²) in [5.41, 5.74) is -0.525. The second-order valence-corrected chi connectivity index (χ2v) is 5.42. The smallest absolute Gasteiger partial charge is 0.410 e. The first-order valence-electron chi connectivity index (χ1n) is 5.03. The van der Waals surface area contributed by atoms with Crippen LogP contribution in [0, 0.1) is 0 Å². The normalized spacial score (nSPS) is 26.9. The number of hydrogen-bond donors (Lipinski definition) is 0. The standard InChI is InChI=1S/C10H17BrFNO2/c1-10(2,3)15-9(14)13-6-7(12)4-8(13)5-11/h7-8H,4-6H2,1-3H3/t7-,8-/m1/s1. The molecule has 0 radical (unpaired) electrons. The van der Waals surface area contributed by atoms with Crippen LogP contribution >= 0.6 is 15.9 Å². The second-order valence-electron chi connectivity index (χ2n) is 4.77. The molecule has 1 aliphatic rings. The summed E-state index contributed by atoms with van der Waals surface area (Å²) >= 11 is 3.28. The maximum Gasteiger partial charge on any atom is 0.410 e. The summed E-state index contributed by atoms with van der Waals surface area (Å²) in [6.07, 6.45) is -0.961. The van der Waals surface area contributed by atoms with Crippen LogP contribution in [0.3, 0.4) is 0 Å². The molecule has 1 saturated heterocycles. The number of ether oxygens (including phenoxy) is 1. The van der Waals surface area contributed by atoms with Gasteiger partial charge in [0.2, 0.25) is 0 Å². The number of hydrogen-bond acceptors (Lipinski definition) is 2. The van der Waals surface area contributed by atoms with E-state index in [9.17, 15) is 9.18 Å². The molecule has 88 valence electrons. The van der Waals surface area contributed by atoms with Gasteiger partial charge in [-0.1, -0.05) is 15.9 Å². The van der Waals surface area contributed by atoms with Crippen molar-refractivity contribution >= 4 is 22.0 Å². The Kier molecular flexibility index (Phi) is 3.98. The predicted molar refractivity (Wildman–Crippen MR) is 60.0 cm³/mol. The van der Waals surface area contributed by atoms with E-state index in [4.69, 9.17) is 4.74 Å². The summed E-state index contributed by atoms with van der Waals surface area (Å²) in [6, 6.07) is -0.0881. The molecule has 1 heterocycles. The summed E-state index contributed by atoms with van der Waals surface area (Å²) in [7, 11) is 0. The molecule has 0 aliphatic carbocycles. The highest BCUT2D eigenvalue weighted by molar-refractivity contribution is 9.09. The Hall–Kier alpha value is -0.320. The number of rotatable bonds is 1. The van der Waals surface area contributed by atoms with Crippen molar-refractivity contribution in [3.05, 3.63) is 0 Å². The lowest BCUT2D eigenvalue weighted by Crippen LogP contribution is -2.40.